The highest BCUT2D eigenvalue weighted by Gasteiger charge is 2.49. The number of rotatable bonds is 5. The van der Waals surface area contributed by atoms with Crippen LogP contribution in [-0.4, -0.2) is 73.0 Å². The van der Waals surface area contributed by atoms with Gasteiger partial charge in [0.05, 0.1) is 13.7 Å². The van der Waals surface area contributed by atoms with E-state index in [-0.39, 0.29) is 37.3 Å². The summed E-state index contributed by atoms with van der Waals surface area (Å²) in [5.74, 6) is 2.32. The smallest absolute Gasteiger partial charge is 0.254 e. The van der Waals surface area contributed by atoms with Crippen LogP contribution in [0.5, 0.6) is 17.2 Å². The van der Waals surface area contributed by atoms with E-state index in [0.717, 1.165) is 42.8 Å². The van der Waals surface area contributed by atoms with E-state index in [0.29, 0.717) is 23.6 Å². The van der Waals surface area contributed by atoms with Crippen molar-refractivity contribution in [3.8, 4) is 28.4 Å². The lowest BCUT2D eigenvalue weighted by Crippen LogP contribution is -2.67. The molecule has 7 heteroatoms. The van der Waals surface area contributed by atoms with E-state index in [9.17, 15) is 9.90 Å². The van der Waals surface area contributed by atoms with Gasteiger partial charge in [0, 0.05) is 36.7 Å². The van der Waals surface area contributed by atoms with Crippen molar-refractivity contribution in [1.29, 1.82) is 0 Å². The predicted octanol–water partition coefficient (Wildman–Crippen LogP) is 4.16. The number of hydrogen-bond donors (Lipinski definition) is 1. The van der Waals surface area contributed by atoms with Crippen LogP contribution in [0.15, 0.2) is 66.7 Å². The van der Waals surface area contributed by atoms with Crippen molar-refractivity contribution in [2.75, 3.05) is 40.1 Å². The standard InChI is InChI=1S/C30H32N2O5/c1-35-24-11-8-21(9-12-24)20-4-6-22(7-5-20)29-25-17-31(14-2-3-15-32(25)26(29)18-33)30(34)23-10-13-27-28(16-23)37-19-36-27/h4-13,16,25-26,29,33H,2-3,14-15,17-19H2,1H3/t25-,26-,29-/m1/s1. The molecule has 3 aromatic rings. The van der Waals surface area contributed by atoms with E-state index >= 15 is 0 Å². The van der Waals surface area contributed by atoms with Gasteiger partial charge >= 0.3 is 0 Å². The summed E-state index contributed by atoms with van der Waals surface area (Å²) in [5.41, 5.74) is 4.09. The second kappa shape index (κ2) is 10.1. The summed E-state index contributed by atoms with van der Waals surface area (Å²) in [6, 6.07) is 22.3. The van der Waals surface area contributed by atoms with Gasteiger partial charge in [-0.15, -0.1) is 0 Å². The highest BCUT2D eigenvalue weighted by atomic mass is 16.7. The highest BCUT2D eigenvalue weighted by Crippen LogP contribution is 2.43. The Morgan fingerprint density at radius 3 is 2.38 bits per heavy atom. The van der Waals surface area contributed by atoms with Gasteiger partial charge in [-0.2, -0.15) is 0 Å². The summed E-state index contributed by atoms with van der Waals surface area (Å²) in [6.45, 7) is 2.61. The molecule has 3 atom stereocenters. The van der Waals surface area contributed by atoms with Gasteiger partial charge in [0.2, 0.25) is 6.79 Å². The largest absolute Gasteiger partial charge is 0.497 e. The van der Waals surface area contributed by atoms with Crippen molar-refractivity contribution in [2.24, 2.45) is 0 Å². The molecule has 3 aliphatic rings. The lowest BCUT2D eigenvalue weighted by Gasteiger charge is -2.57. The molecule has 3 aliphatic heterocycles. The third kappa shape index (κ3) is 4.43. The molecular formula is C30H32N2O5. The minimum absolute atomic E-state index is 0.0150. The first kappa shape index (κ1) is 23.8. The minimum Gasteiger partial charge on any atom is -0.497 e. The van der Waals surface area contributed by atoms with E-state index in [4.69, 9.17) is 14.2 Å². The molecule has 0 spiro atoms. The average Bonchev–Trinajstić information content (AvgIpc) is 3.40. The Bertz CT molecular complexity index is 1260. The molecule has 1 N–H and O–H groups in total. The van der Waals surface area contributed by atoms with Crippen molar-refractivity contribution < 1.29 is 24.1 Å². The second-order valence-electron chi connectivity index (χ2n) is 9.96. The Hall–Kier alpha value is -3.55. The Kier molecular flexibility index (Phi) is 6.49. The summed E-state index contributed by atoms with van der Waals surface area (Å²) >= 11 is 0. The lowest BCUT2D eigenvalue weighted by atomic mass is 9.74. The van der Waals surface area contributed by atoms with Crippen LogP contribution in [0.1, 0.15) is 34.7 Å². The van der Waals surface area contributed by atoms with Gasteiger partial charge in [-0.3, -0.25) is 9.69 Å². The first-order valence-corrected chi connectivity index (χ1v) is 13.0. The summed E-state index contributed by atoms with van der Waals surface area (Å²) in [5, 5.41) is 10.3. The lowest BCUT2D eigenvalue weighted by molar-refractivity contribution is -0.0606. The van der Waals surface area contributed by atoms with Gasteiger partial charge in [-0.05, 0) is 66.4 Å². The van der Waals surface area contributed by atoms with E-state index in [1.807, 2.05) is 29.2 Å². The van der Waals surface area contributed by atoms with Crippen LogP contribution in [0.4, 0.5) is 0 Å². The topological polar surface area (TPSA) is 71.5 Å². The zero-order valence-electron chi connectivity index (χ0n) is 21.0. The van der Waals surface area contributed by atoms with E-state index < -0.39 is 0 Å². The molecule has 6 rings (SSSR count). The van der Waals surface area contributed by atoms with Crippen molar-refractivity contribution in [1.82, 2.24) is 9.80 Å². The fourth-order valence-electron chi connectivity index (χ4n) is 6.02. The van der Waals surface area contributed by atoms with Crippen molar-refractivity contribution >= 4 is 5.91 Å². The molecule has 3 aromatic carbocycles. The number of aliphatic hydroxyl groups excluding tert-OH is 1. The maximum Gasteiger partial charge on any atom is 0.254 e. The Labute approximate surface area is 217 Å². The number of benzene rings is 3. The molecule has 0 aliphatic carbocycles. The number of fused-ring (bicyclic) bond motifs is 2. The third-order valence-electron chi connectivity index (χ3n) is 8.00. The fraction of sp³-hybridized carbons (Fsp3) is 0.367. The van der Waals surface area contributed by atoms with Gasteiger partial charge in [-0.25, -0.2) is 0 Å². The normalized spacial score (nSPS) is 23.0. The number of methoxy groups -OCH3 is 1. The van der Waals surface area contributed by atoms with Crippen LogP contribution < -0.4 is 14.2 Å². The Morgan fingerprint density at radius 1 is 0.946 bits per heavy atom. The number of aliphatic hydroxyl groups is 1. The van der Waals surface area contributed by atoms with Crippen molar-refractivity contribution in [3.05, 3.63) is 77.9 Å². The molecule has 1 amide bonds. The molecule has 0 bridgehead atoms. The Morgan fingerprint density at radius 2 is 1.65 bits per heavy atom. The van der Waals surface area contributed by atoms with Gasteiger partial charge in [0.1, 0.15) is 5.75 Å². The van der Waals surface area contributed by atoms with Gasteiger partial charge < -0.3 is 24.2 Å². The maximum absolute atomic E-state index is 13.5. The molecule has 192 valence electrons. The van der Waals surface area contributed by atoms with Crippen LogP contribution >= 0.6 is 0 Å². The monoisotopic (exact) mass is 500 g/mol. The number of carbonyl (C=O) groups is 1. The minimum atomic E-state index is 0.0150. The van der Waals surface area contributed by atoms with Crippen molar-refractivity contribution in [3.63, 3.8) is 0 Å². The molecule has 2 saturated heterocycles. The zero-order valence-corrected chi connectivity index (χ0v) is 21.0. The average molecular weight is 501 g/mol. The van der Waals surface area contributed by atoms with Gasteiger partial charge in [0.25, 0.3) is 5.91 Å². The first-order valence-electron chi connectivity index (χ1n) is 13.0. The second-order valence-corrected chi connectivity index (χ2v) is 9.96. The molecule has 37 heavy (non-hydrogen) atoms. The summed E-state index contributed by atoms with van der Waals surface area (Å²) in [4.78, 5) is 17.9. The molecule has 3 heterocycles. The summed E-state index contributed by atoms with van der Waals surface area (Å²) in [6.07, 6.45) is 1.94. The number of nitrogens with zero attached hydrogens (tertiary/aromatic N) is 2. The van der Waals surface area contributed by atoms with Crippen LogP contribution in [-0.2, 0) is 0 Å². The molecular weight excluding hydrogens is 468 g/mol. The Balaban J connectivity index is 1.23. The fourth-order valence-corrected chi connectivity index (χ4v) is 6.02. The van der Waals surface area contributed by atoms with Crippen molar-refractivity contribution in [2.45, 2.75) is 30.8 Å². The maximum atomic E-state index is 13.5. The molecule has 0 aromatic heterocycles. The summed E-state index contributed by atoms with van der Waals surface area (Å²) < 4.78 is 16.2. The summed E-state index contributed by atoms with van der Waals surface area (Å²) in [7, 11) is 1.67. The van der Waals surface area contributed by atoms with Gasteiger partial charge in [-0.1, -0.05) is 36.4 Å². The molecule has 0 radical (unpaired) electrons. The van der Waals surface area contributed by atoms with Crippen LogP contribution in [0, 0.1) is 0 Å². The first-order chi connectivity index (χ1) is 18.2. The SMILES string of the molecule is COc1ccc(-c2ccc([C@H]3[C@@H](CO)N4CCCCN(C(=O)c5ccc6c(c5)OCO6)C[C@H]34)cc2)cc1. The van der Waals surface area contributed by atoms with E-state index in [1.54, 1.807) is 13.2 Å². The highest BCUT2D eigenvalue weighted by molar-refractivity contribution is 5.95. The zero-order chi connectivity index (χ0) is 25.4. The molecule has 2 fully saturated rings. The third-order valence-corrected chi connectivity index (χ3v) is 8.00. The molecule has 7 nitrogen and oxygen atoms in total. The molecule has 0 saturated carbocycles. The predicted molar refractivity (Wildman–Crippen MR) is 140 cm³/mol. The van der Waals surface area contributed by atoms with Crippen LogP contribution in [0.25, 0.3) is 11.1 Å². The quantitative estimate of drug-likeness (QED) is 0.568. The molecule has 0 unspecified atom stereocenters. The number of hydrogen-bond acceptors (Lipinski definition) is 6. The van der Waals surface area contributed by atoms with Crippen LogP contribution in [0.3, 0.4) is 0 Å². The van der Waals surface area contributed by atoms with Crippen LogP contribution in [0.2, 0.25) is 0 Å². The number of carbonyl (C=O) groups excluding carboxylic acids is 1. The number of ether oxygens (including phenoxy) is 3. The number of amides is 1. The van der Waals surface area contributed by atoms with E-state index in [1.165, 1.54) is 5.56 Å². The van der Waals surface area contributed by atoms with E-state index in [2.05, 4.69) is 41.3 Å². The van der Waals surface area contributed by atoms with Gasteiger partial charge in [0.15, 0.2) is 11.5 Å².